The van der Waals surface area contributed by atoms with Crippen LogP contribution in [0.3, 0.4) is 0 Å². The van der Waals surface area contributed by atoms with Crippen LogP contribution in [0.2, 0.25) is 0 Å². The number of nitrogens with one attached hydrogen (secondary N) is 2. The number of hydrogen-bond acceptors (Lipinski definition) is 3. The van der Waals surface area contributed by atoms with Crippen molar-refractivity contribution in [2.24, 2.45) is 4.99 Å². The van der Waals surface area contributed by atoms with Gasteiger partial charge in [0, 0.05) is 31.8 Å². The van der Waals surface area contributed by atoms with Crippen molar-refractivity contribution in [1.29, 1.82) is 0 Å². The third-order valence-electron chi connectivity index (χ3n) is 3.50. The van der Waals surface area contributed by atoms with Crippen LogP contribution in [0.15, 0.2) is 29.3 Å². The van der Waals surface area contributed by atoms with Gasteiger partial charge < -0.3 is 10.6 Å². The fourth-order valence-corrected chi connectivity index (χ4v) is 2.42. The SMILES string of the molecule is CN=C(NCc1cccc([N+](=O)[O-])c1)NC1CCCC1. The molecule has 0 spiro atoms. The van der Waals surface area contributed by atoms with Gasteiger partial charge in [0.1, 0.15) is 0 Å². The Morgan fingerprint density at radius 3 is 2.85 bits per heavy atom. The smallest absolute Gasteiger partial charge is 0.269 e. The van der Waals surface area contributed by atoms with Gasteiger partial charge in [0.05, 0.1) is 4.92 Å². The van der Waals surface area contributed by atoms with Gasteiger partial charge in [0.2, 0.25) is 0 Å². The predicted octanol–water partition coefficient (Wildman–Crippen LogP) is 2.20. The number of hydrogen-bond donors (Lipinski definition) is 2. The molecule has 0 heterocycles. The first-order valence-electron chi connectivity index (χ1n) is 6.89. The average molecular weight is 276 g/mol. The highest BCUT2D eigenvalue weighted by Gasteiger charge is 2.15. The molecule has 1 saturated carbocycles. The number of aliphatic imine (C=N–C) groups is 1. The van der Waals surface area contributed by atoms with Crippen LogP contribution in [0.25, 0.3) is 0 Å². The Morgan fingerprint density at radius 1 is 1.45 bits per heavy atom. The third-order valence-corrected chi connectivity index (χ3v) is 3.50. The molecule has 6 heteroatoms. The highest BCUT2D eigenvalue weighted by molar-refractivity contribution is 5.80. The average Bonchev–Trinajstić information content (AvgIpc) is 2.96. The van der Waals surface area contributed by atoms with Crippen LogP contribution >= 0.6 is 0 Å². The fourth-order valence-electron chi connectivity index (χ4n) is 2.42. The molecule has 0 atom stereocenters. The van der Waals surface area contributed by atoms with E-state index in [0.29, 0.717) is 12.6 Å². The van der Waals surface area contributed by atoms with E-state index in [-0.39, 0.29) is 10.6 Å². The summed E-state index contributed by atoms with van der Waals surface area (Å²) in [6, 6.07) is 7.13. The maximum atomic E-state index is 10.7. The molecule has 108 valence electrons. The molecular formula is C14H20N4O2. The lowest BCUT2D eigenvalue weighted by atomic mass is 10.2. The highest BCUT2D eigenvalue weighted by atomic mass is 16.6. The summed E-state index contributed by atoms with van der Waals surface area (Å²) in [7, 11) is 1.73. The van der Waals surface area contributed by atoms with Crippen molar-refractivity contribution in [3.63, 3.8) is 0 Å². The molecule has 0 amide bonds. The van der Waals surface area contributed by atoms with Gasteiger partial charge in [-0.15, -0.1) is 0 Å². The van der Waals surface area contributed by atoms with Crippen molar-refractivity contribution in [1.82, 2.24) is 10.6 Å². The summed E-state index contributed by atoms with van der Waals surface area (Å²) >= 11 is 0. The molecule has 1 aromatic rings. The summed E-state index contributed by atoms with van der Waals surface area (Å²) in [6.07, 6.45) is 4.88. The second-order valence-corrected chi connectivity index (χ2v) is 4.98. The van der Waals surface area contributed by atoms with E-state index in [9.17, 15) is 10.1 Å². The van der Waals surface area contributed by atoms with Gasteiger partial charge in [-0.25, -0.2) is 0 Å². The molecule has 20 heavy (non-hydrogen) atoms. The highest BCUT2D eigenvalue weighted by Crippen LogP contribution is 2.17. The van der Waals surface area contributed by atoms with Gasteiger partial charge in [0.25, 0.3) is 5.69 Å². The van der Waals surface area contributed by atoms with E-state index in [0.717, 1.165) is 11.5 Å². The number of nitro benzene ring substituents is 1. The number of rotatable bonds is 4. The van der Waals surface area contributed by atoms with E-state index < -0.39 is 0 Å². The summed E-state index contributed by atoms with van der Waals surface area (Å²) in [5.74, 6) is 0.753. The molecule has 0 unspecified atom stereocenters. The summed E-state index contributed by atoms with van der Waals surface area (Å²) < 4.78 is 0. The van der Waals surface area contributed by atoms with E-state index >= 15 is 0 Å². The van der Waals surface area contributed by atoms with Crippen LogP contribution in [0.4, 0.5) is 5.69 Å². The van der Waals surface area contributed by atoms with E-state index in [4.69, 9.17) is 0 Å². The van der Waals surface area contributed by atoms with Crippen molar-refractivity contribution < 1.29 is 4.92 Å². The standard InChI is InChI=1S/C14H20N4O2/c1-15-14(17-12-6-2-3-7-12)16-10-11-5-4-8-13(9-11)18(19)20/h4-5,8-9,12H,2-3,6-7,10H2,1H3,(H2,15,16,17). The van der Waals surface area contributed by atoms with Gasteiger partial charge in [-0.05, 0) is 18.4 Å². The lowest BCUT2D eigenvalue weighted by molar-refractivity contribution is -0.384. The fraction of sp³-hybridized carbons (Fsp3) is 0.500. The van der Waals surface area contributed by atoms with E-state index in [1.54, 1.807) is 19.2 Å². The van der Waals surface area contributed by atoms with Crippen LogP contribution in [0.5, 0.6) is 0 Å². The lowest BCUT2D eigenvalue weighted by Crippen LogP contribution is -2.41. The Balaban J connectivity index is 1.89. The zero-order valence-electron chi connectivity index (χ0n) is 11.6. The monoisotopic (exact) mass is 276 g/mol. The Morgan fingerprint density at radius 2 is 2.20 bits per heavy atom. The maximum Gasteiger partial charge on any atom is 0.269 e. The van der Waals surface area contributed by atoms with Crippen molar-refractivity contribution >= 4 is 11.6 Å². The third kappa shape index (κ3) is 3.94. The molecule has 6 nitrogen and oxygen atoms in total. The normalized spacial score (nSPS) is 16.1. The molecule has 1 fully saturated rings. The Bertz CT molecular complexity index is 496. The molecule has 0 aromatic heterocycles. The molecular weight excluding hydrogens is 256 g/mol. The number of non-ortho nitro benzene ring substituents is 1. The Kier molecular flexibility index (Phi) is 4.92. The minimum absolute atomic E-state index is 0.114. The van der Waals surface area contributed by atoms with Crippen molar-refractivity contribution in [2.75, 3.05) is 7.05 Å². The van der Waals surface area contributed by atoms with E-state index in [1.165, 1.54) is 31.7 Å². The van der Waals surface area contributed by atoms with Crippen molar-refractivity contribution in [2.45, 2.75) is 38.3 Å². The quantitative estimate of drug-likeness (QED) is 0.382. The van der Waals surface area contributed by atoms with E-state index in [1.807, 2.05) is 6.07 Å². The minimum Gasteiger partial charge on any atom is -0.354 e. The van der Waals surface area contributed by atoms with Gasteiger partial charge in [-0.3, -0.25) is 15.1 Å². The first-order valence-corrected chi connectivity index (χ1v) is 6.89. The molecule has 2 rings (SSSR count). The molecule has 0 aliphatic heterocycles. The first-order chi connectivity index (χ1) is 9.69. The second-order valence-electron chi connectivity index (χ2n) is 4.98. The summed E-state index contributed by atoms with van der Waals surface area (Å²) in [5.41, 5.74) is 0.983. The van der Waals surface area contributed by atoms with Crippen molar-refractivity contribution in [3.05, 3.63) is 39.9 Å². The summed E-state index contributed by atoms with van der Waals surface area (Å²) in [6.45, 7) is 0.522. The summed E-state index contributed by atoms with van der Waals surface area (Å²) in [5, 5.41) is 17.3. The zero-order valence-corrected chi connectivity index (χ0v) is 11.6. The van der Waals surface area contributed by atoms with Crippen LogP contribution < -0.4 is 10.6 Å². The van der Waals surface area contributed by atoms with Crippen LogP contribution in [0.1, 0.15) is 31.2 Å². The topological polar surface area (TPSA) is 79.6 Å². The predicted molar refractivity (Wildman–Crippen MR) is 78.7 cm³/mol. The van der Waals surface area contributed by atoms with Crippen molar-refractivity contribution in [3.8, 4) is 0 Å². The molecule has 1 aliphatic rings. The second kappa shape index (κ2) is 6.88. The maximum absolute atomic E-state index is 10.7. The molecule has 0 bridgehead atoms. The van der Waals surface area contributed by atoms with Crippen LogP contribution in [-0.2, 0) is 6.54 Å². The van der Waals surface area contributed by atoms with E-state index in [2.05, 4.69) is 15.6 Å². The van der Waals surface area contributed by atoms with Gasteiger partial charge >= 0.3 is 0 Å². The van der Waals surface area contributed by atoms with Crippen LogP contribution in [-0.4, -0.2) is 24.0 Å². The molecule has 2 N–H and O–H groups in total. The summed E-state index contributed by atoms with van der Waals surface area (Å²) in [4.78, 5) is 14.5. The van der Waals surface area contributed by atoms with Gasteiger partial charge in [-0.1, -0.05) is 25.0 Å². The number of benzene rings is 1. The Hall–Kier alpha value is -2.11. The van der Waals surface area contributed by atoms with Gasteiger partial charge in [-0.2, -0.15) is 0 Å². The largest absolute Gasteiger partial charge is 0.354 e. The number of guanidine groups is 1. The number of nitrogens with zero attached hydrogens (tertiary/aromatic N) is 2. The molecule has 1 aliphatic carbocycles. The zero-order chi connectivity index (χ0) is 14.4. The van der Waals surface area contributed by atoms with Gasteiger partial charge in [0.15, 0.2) is 5.96 Å². The molecule has 0 saturated heterocycles. The minimum atomic E-state index is -0.380. The number of nitro groups is 1. The van der Waals surface area contributed by atoms with Crippen LogP contribution in [0, 0.1) is 10.1 Å². The molecule has 0 radical (unpaired) electrons. The first kappa shape index (κ1) is 14.3. The lowest BCUT2D eigenvalue weighted by Gasteiger charge is -2.16. The Labute approximate surface area is 118 Å². The molecule has 1 aromatic carbocycles.